The van der Waals surface area contributed by atoms with Gasteiger partial charge in [0.05, 0.1) is 6.33 Å². The fourth-order valence-electron chi connectivity index (χ4n) is 1.01. The molecule has 0 aliphatic heterocycles. The second-order valence-corrected chi connectivity index (χ2v) is 6.86. The Labute approximate surface area is 101 Å². The summed E-state index contributed by atoms with van der Waals surface area (Å²) in [5, 5.41) is 0. The van der Waals surface area contributed by atoms with Crippen LogP contribution < -0.4 is 0 Å². The van der Waals surface area contributed by atoms with Gasteiger partial charge in [-0.25, -0.2) is 4.98 Å². The van der Waals surface area contributed by atoms with E-state index in [1.54, 1.807) is 18.7 Å². The van der Waals surface area contributed by atoms with Crippen LogP contribution in [0.2, 0.25) is 0 Å². The minimum Gasteiger partial charge on any atom is -0.351 e. The maximum Gasteiger partial charge on any atom is 0.0919 e. The smallest absolute Gasteiger partial charge is 0.0919 e. The number of rotatable bonds is 4. The SMILES string of the molecule is CCCCCC(C)(C)I.c1c[nH]cn1. The Kier molecular flexibility index (Phi) is 8.23. The third-order valence-corrected chi connectivity index (χ3v) is 2.32. The number of unbranched alkanes of at least 4 members (excludes halogenated alkanes) is 2. The number of nitrogens with zero attached hydrogens (tertiary/aromatic N) is 1. The fraction of sp³-hybridized carbons (Fsp3) is 0.727. The van der Waals surface area contributed by atoms with E-state index in [1.165, 1.54) is 25.7 Å². The quantitative estimate of drug-likeness (QED) is 0.504. The van der Waals surface area contributed by atoms with Crippen molar-refractivity contribution in [2.45, 2.75) is 49.9 Å². The zero-order valence-corrected chi connectivity index (χ0v) is 11.5. The van der Waals surface area contributed by atoms with Crippen LogP contribution in [0.1, 0.15) is 46.5 Å². The number of H-pyrrole nitrogens is 1. The van der Waals surface area contributed by atoms with Gasteiger partial charge in [-0.2, -0.15) is 0 Å². The number of imidazole rings is 1. The molecule has 14 heavy (non-hydrogen) atoms. The number of aromatic nitrogens is 2. The molecule has 3 heteroatoms. The van der Waals surface area contributed by atoms with Gasteiger partial charge in [0.15, 0.2) is 0 Å². The lowest BCUT2D eigenvalue weighted by Gasteiger charge is -2.14. The van der Waals surface area contributed by atoms with Crippen molar-refractivity contribution >= 4 is 22.6 Å². The Bertz CT molecular complexity index is 172. The van der Waals surface area contributed by atoms with Crippen LogP contribution in [0.15, 0.2) is 18.7 Å². The summed E-state index contributed by atoms with van der Waals surface area (Å²) in [6.07, 6.45) is 10.6. The molecule has 1 N–H and O–H groups in total. The third-order valence-electron chi connectivity index (χ3n) is 1.78. The van der Waals surface area contributed by atoms with Crippen molar-refractivity contribution in [3.63, 3.8) is 0 Å². The second-order valence-electron chi connectivity index (χ2n) is 3.94. The van der Waals surface area contributed by atoms with Gasteiger partial charge in [-0.15, -0.1) is 0 Å². The largest absolute Gasteiger partial charge is 0.351 e. The lowest BCUT2D eigenvalue weighted by Crippen LogP contribution is -2.07. The number of nitrogens with one attached hydrogen (secondary N) is 1. The van der Waals surface area contributed by atoms with Gasteiger partial charge in [0, 0.05) is 15.8 Å². The fourth-order valence-corrected chi connectivity index (χ4v) is 1.39. The molecule has 0 aliphatic carbocycles. The molecular weight excluding hydrogens is 287 g/mol. The minimum atomic E-state index is 0.521. The highest BCUT2D eigenvalue weighted by Gasteiger charge is 2.10. The summed E-state index contributed by atoms with van der Waals surface area (Å²) in [6.45, 7) is 6.84. The summed E-state index contributed by atoms with van der Waals surface area (Å²) >= 11 is 2.52. The Hall–Kier alpha value is -0.0600. The molecule has 2 nitrogen and oxygen atoms in total. The molecule has 1 aromatic rings. The van der Waals surface area contributed by atoms with Crippen LogP contribution in [-0.2, 0) is 0 Å². The van der Waals surface area contributed by atoms with Gasteiger partial charge in [0.2, 0.25) is 0 Å². The predicted molar refractivity (Wildman–Crippen MR) is 70.8 cm³/mol. The molecule has 0 spiro atoms. The highest BCUT2D eigenvalue weighted by molar-refractivity contribution is 14.1. The first-order valence-electron chi connectivity index (χ1n) is 5.18. The maximum atomic E-state index is 3.67. The maximum absolute atomic E-state index is 3.67. The zero-order valence-electron chi connectivity index (χ0n) is 9.39. The Morgan fingerprint density at radius 1 is 1.36 bits per heavy atom. The summed E-state index contributed by atoms with van der Waals surface area (Å²) in [6, 6.07) is 0. The molecule has 0 bridgehead atoms. The molecule has 0 atom stereocenters. The van der Waals surface area contributed by atoms with E-state index >= 15 is 0 Å². The molecule has 0 aliphatic rings. The molecule has 0 aromatic carbocycles. The van der Waals surface area contributed by atoms with Gasteiger partial charge in [-0.1, -0.05) is 62.6 Å². The normalized spacial score (nSPS) is 10.6. The Balaban J connectivity index is 0.000000280. The average Bonchev–Trinajstić information content (AvgIpc) is 2.59. The number of halogens is 1. The van der Waals surface area contributed by atoms with Crippen LogP contribution >= 0.6 is 22.6 Å². The molecule has 0 fully saturated rings. The first-order valence-corrected chi connectivity index (χ1v) is 6.26. The summed E-state index contributed by atoms with van der Waals surface area (Å²) in [5.41, 5.74) is 0. The molecule has 82 valence electrons. The van der Waals surface area contributed by atoms with Gasteiger partial charge in [-0.3, -0.25) is 0 Å². The monoisotopic (exact) mass is 308 g/mol. The van der Waals surface area contributed by atoms with E-state index in [9.17, 15) is 0 Å². The van der Waals surface area contributed by atoms with Crippen LogP contribution in [-0.4, -0.2) is 13.4 Å². The van der Waals surface area contributed by atoms with E-state index in [0.29, 0.717) is 3.42 Å². The van der Waals surface area contributed by atoms with Crippen molar-refractivity contribution in [1.29, 1.82) is 0 Å². The minimum absolute atomic E-state index is 0.521. The van der Waals surface area contributed by atoms with Crippen molar-refractivity contribution in [3.8, 4) is 0 Å². The Morgan fingerprint density at radius 3 is 2.36 bits per heavy atom. The zero-order chi connectivity index (χ0) is 10.9. The van der Waals surface area contributed by atoms with E-state index in [1.807, 2.05) is 0 Å². The summed E-state index contributed by atoms with van der Waals surface area (Å²) in [4.78, 5) is 6.42. The lowest BCUT2D eigenvalue weighted by molar-refractivity contribution is 0.592. The van der Waals surface area contributed by atoms with Crippen molar-refractivity contribution in [2.24, 2.45) is 0 Å². The van der Waals surface area contributed by atoms with E-state index < -0.39 is 0 Å². The van der Waals surface area contributed by atoms with Crippen molar-refractivity contribution in [2.75, 3.05) is 0 Å². The summed E-state index contributed by atoms with van der Waals surface area (Å²) in [7, 11) is 0. The number of alkyl halides is 1. The number of aromatic amines is 1. The van der Waals surface area contributed by atoms with Gasteiger partial charge in [0.1, 0.15) is 0 Å². The first kappa shape index (κ1) is 13.9. The van der Waals surface area contributed by atoms with E-state index in [0.717, 1.165) is 0 Å². The summed E-state index contributed by atoms with van der Waals surface area (Å²) in [5.74, 6) is 0. The van der Waals surface area contributed by atoms with Crippen LogP contribution in [0, 0.1) is 0 Å². The van der Waals surface area contributed by atoms with Crippen molar-refractivity contribution in [1.82, 2.24) is 9.97 Å². The van der Waals surface area contributed by atoms with Gasteiger partial charge < -0.3 is 4.98 Å². The molecular formula is C11H21IN2. The van der Waals surface area contributed by atoms with E-state index in [2.05, 4.69) is 53.3 Å². The highest BCUT2D eigenvalue weighted by Crippen LogP contribution is 2.23. The molecule has 1 rings (SSSR count). The molecule has 0 saturated carbocycles. The number of hydrogen-bond donors (Lipinski definition) is 1. The first-order chi connectivity index (χ1) is 6.56. The predicted octanol–water partition coefficient (Wildman–Crippen LogP) is 4.19. The summed E-state index contributed by atoms with van der Waals surface area (Å²) < 4.78 is 0.521. The standard InChI is InChI=1S/C8H17I.C3H4N2/c1-4-5-6-7-8(2,3)9;1-2-5-3-4-1/h4-7H2,1-3H3;1-3H,(H,4,5). The molecule has 1 aromatic heterocycles. The van der Waals surface area contributed by atoms with Crippen molar-refractivity contribution < 1.29 is 0 Å². The topological polar surface area (TPSA) is 28.7 Å². The molecule has 0 saturated heterocycles. The molecule has 1 heterocycles. The van der Waals surface area contributed by atoms with Crippen LogP contribution in [0.25, 0.3) is 0 Å². The van der Waals surface area contributed by atoms with Gasteiger partial charge in [-0.05, 0) is 6.42 Å². The average molecular weight is 308 g/mol. The van der Waals surface area contributed by atoms with Crippen molar-refractivity contribution in [3.05, 3.63) is 18.7 Å². The number of hydrogen-bond acceptors (Lipinski definition) is 1. The van der Waals surface area contributed by atoms with Gasteiger partial charge in [0.25, 0.3) is 0 Å². The highest BCUT2D eigenvalue weighted by atomic mass is 127. The lowest BCUT2D eigenvalue weighted by atomic mass is 10.1. The van der Waals surface area contributed by atoms with E-state index in [-0.39, 0.29) is 0 Å². The van der Waals surface area contributed by atoms with Crippen LogP contribution in [0.4, 0.5) is 0 Å². The van der Waals surface area contributed by atoms with Crippen LogP contribution in [0.3, 0.4) is 0 Å². The Morgan fingerprint density at radius 2 is 2.07 bits per heavy atom. The third kappa shape index (κ3) is 11.9. The molecule has 0 amide bonds. The van der Waals surface area contributed by atoms with Gasteiger partial charge >= 0.3 is 0 Å². The molecule has 0 unspecified atom stereocenters. The van der Waals surface area contributed by atoms with E-state index in [4.69, 9.17) is 0 Å². The molecule has 0 radical (unpaired) electrons. The van der Waals surface area contributed by atoms with Crippen LogP contribution in [0.5, 0.6) is 0 Å². The second kappa shape index (κ2) is 8.26.